The molecule has 2 heterocycles. The van der Waals surface area contributed by atoms with Crippen LogP contribution in [0.2, 0.25) is 0 Å². The number of aromatic nitrogens is 1. The van der Waals surface area contributed by atoms with Crippen molar-refractivity contribution in [2.45, 2.75) is 13.8 Å². The molecule has 176 valence electrons. The Balaban J connectivity index is 1.67. The van der Waals surface area contributed by atoms with Crippen LogP contribution in [-0.4, -0.2) is 22.6 Å². The van der Waals surface area contributed by atoms with Crippen molar-refractivity contribution >= 4 is 44.9 Å². The van der Waals surface area contributed by atoms with Gasteiger partial charge in [0.05, 0.1) is 34.1 Å². The number of hydrogen-bond donors (Lipinski definition) is 0. The number of benzene rings is 3. The second-order valence-electron chi connectivity index (χ2n) is 7.89. The quantitative estimate of drug-likeness (QED) is 0.164. The number of nitrogens with zero attached hydrogens (tertiary/aromatic N) is 4. The van der Waals surface area contributed by atoms with Crippen LogP contribution < -0.4 is 14.3 Å². The number of thiazole rings is 1. The molecule has 0 saturated heterocycles. The van der Waals surface area contributed by atoms with Gasteiger partial charge in [0.25, 0.3) is 5.69 Å². The number of rotatable bonds is 5. The zero-order valence-corrected chi connectivity index (χ0v) is 21.2. The summed E-state index contributed by atoms with van der Waals surface area (Å²) in [7, 11) is 0. The zero-order chi connectivity index (χ0) is 24.5. The second kappa shape index (κ2) is 9.47. The van der Waals surface area contributed by atoms with Crippen molar-refractivity contribution < 1.29 is 14.4 Å². The summed E-state index contributed by atoms with van der Waals surface area (Å²) in [6.45, 7) is 4.08. The molecular formula is C25H19BrN4O4S. The third-order valence-corrected chi connectivity index (χ3v) is 6.71. The van der Waals surface area contributed by atoms with E-state index in [0.717, 1.165) is 32.5 Å². The fourth-order valence-corrected chi connectivity index (χ4v) is 4.95. The second-order valence-corrected chi connectivity index (χ2v) is 9.65. The molecule has 0 N–H and O–H groups in total. The molecule has 0 bridgehead atoms. The van der Waals surface area contributed by atoms with Gasteiger partial charge >= 0.3 is 0 Å². The van der Waals surface area contributed by atoms with Gasteiger partial charge in [-0.25, -0.2) is 9.67 Å². The summed E-state index contributed by atoms with van der Waals surface area (Å²) in [5, 5.41) is 18.3. The first-order valence-corrected chi connectivity index (χ1v) is 12.3. The number of ether oxygens (including phenoxy) is 2. The Morgan fingerprint density at radius 2 is 1.91 bits per heavy atom. The van der Waals surface area contributed by atoms with Crippen LogP contribution >= 0.6 is 27.3 Å². The molecule has 1 aliphatic rings. The van der Waals surface area contributed by atoms with E-state index in [1.54, 1.807) is 10.7 Å². The summed E-state index contributed by atoms with van der Waals surface area (Å²) in [6.07, 6.45) is 1.45. The van der Waals surface area contributed by atoms with E-state index in [2.05, 4.69) is 27.1 Å². The van der Waals surface area contributed by atoms with Crippen LogP contribution in [-0.2, 0) is 0 Å². The summed E-state index contributed by atoms with van der Waals surface area (Å²) in [5.74, 6) is 0.789. The third-order valence-electron chi connectivity index (χ3n) is 5.40. The van der Waals surface area contributed by atoms with Gasteiger partial charge in [0.15, 0.2) is 11.5 Å². The highest BCUT2D eigenvalue weighted by molar-refractivity contribution is 9.10. The van der Waals surface area contributed by atoms with Crippen LogP contribution in [0, 0.1) is 24.0 Å². The fraction of sp³-hybridized carbons (Fsp3) is 0.120. The smallest absolute Gasteiger partial charge is 0.282 e. The lowest BCUT2D eigenvalue weighted by atomic mass is 10.1. The molecule has 4 aromatic rings. The molecule has 0 spiro atoms. The van der Waals surface area contributed by atoms with Gasteiger partial charge in [0, 0.05) is 15.4 Å². The lowest BCUT2D eigenvalue weighted by Crippen LogP contribution is -2.12. The molecule has 0 atom stereocenters. The van der Waals surface area contributed by atoms with Gasteiger partial charge in [-0.3, -0.25) is 10.1 Å². The first kappa shape index (κ1) is 23.0. The van der Waals surface area contributed by atoms with E-state index in [9.17, 15) is 10.1 Å². The number of fused-ring (bicyclic) bond motifs is 1. The highest BCUT2D eigenvalue weighted by atomic mass is 79.9. The SMILES string of the molecule is Cc1ccc(N=c2scc(-c3cccc(Br)c3)n2N=Cc2cc3c(cc2[N+](=O)[O-])OCO3)c(C)c1. The van der Waals surface area contributed by atoms with E-state index in [0.29, 0.717) is 21.9 Å². The molecule has 0 aliphatic carbocycles. The summed E-state index contributed by atoms with van der Waals surface area (Å²) in [4.78, 5) is 16.7. The van der Waals surface area contributed by atoms with Gasteiger partial charge in [-0.15, -0.1) is 11.3 Å². The molecule has 0 fully saturated rings. The summed E-state index contributed by atoms with van der Waals surface area (Å²) >= 11 is 4.96. The van der Waals surface area contributed by atoms with E-state index in [1.807, 2.05) is 55.6 Å². The van der Waals surface area contributed by atoms with Gasteiger partial charge in [0.2, 0.25) is 11.6 Å². The number of aryl methyl sites for hydroxylation is 2. The minimum Gasteiger partial charge on any atom is -0.454 e. The molecule has 0 radical (unpaired) electrons. The zero-order valence-electron chi connectivity index (χ0n) is 18.8. The Kier molecular flexibility index (Phi) is 6.23. The normalized spacial score (nSPS) is 13.1. The van der Waals surface area contributed by atoms with Crippen molar-refractivity contribution in [1.82, 2.24) is 4.68 Å². The van der Waals surface area contributed by atoms with Crippen LogP contribution in [0.1, 0.15) is 16.7 Å². The monoisotopic (exact) mass is 550 g/mol. The standard InChI is InChI=1S/C25H19BrN4O4S/c1-15-6-7-20(16(2)8-15)28-25-29(22(13-35-25)17-4-3-5-19(26)9-17)27-12-18-10-23-24(34-14-33-23)11-21(18)30(31)32/h3-13H,14H2,1-2H3. The number of nitro benzene ring substituents is 1. The average Bonchev–Trinajstić information content (AvgIpc) is 3.45. The van der Waals surface area contributed by atoms with Gasteiger partial charge in [-0.2, -0.15) is 5.10 Å². The maximum absolute atomic E-state index is 11.7. The first-order chi connectivity index (χ1) is 16.9. The van der Waals surface area contributed by atoms with Crippen molar-refractivity contribution in [2.75, 3.05) is 6.79 Å². The van der Waals surface area contributed by atoms with Crippen molar-refractivity contribution in [3.05, 3.63) is 96.1 Å². The van der Waals surface area contributed by atoms with Crippen molar-refractivity contribution in [3.8, 4) is 22.8 Å². The van der Waals surface area contributed by atoms with E-state index < -0.39 is 4.92 Å². The molecule has 1 aliphatic heterocycles. The van der Waals surface area contributed by atoms with E-state index in [1.165, 1.54) is 23.6 Å². The van der Waals surface area contributed by atoms with Crippen LogP contribution in [0.4, 0.5) is 11.4 Å². The van der Waals surface area contributed by atoms with E-state index >= 15 is 0 Å². The summed E-state index contributed by atoms with van der Waals surface area (Å²) < 4.78 is 13.3. The Morgan fingerprint density at radius 3 is 2.66 bits per heavy atom. The Hall–Kier alpha value is -3.76. The highest BCUT2D eigenvalue weighted by Gasteiger charge is 2.22. The van der Waals surface area contributed by atoms with Crippen LogP contribution in [0.15, 0.2) is 74.5 Å². The maximum atomic E-state index is 11.7. The minimum absolute atomic E-state index is 0.0261. The molecule has 1 aromatic heterocycles. The Labute approximate surface area is 213 Å². The molecule has 5 rings (SSSR count). The fourth-order valence-electron chi connectivity index (χ4n) is 3.70. The van der Waals surface area contributed by atoms with E-state index in [-0.39, 0.29) is 12.5 Å². The number of halogens is 1. The maximum Gasteiger partial charge on any atom is 0.282 e. The van der Waals surface area contributed by atoms with Crippen LogP contribution in [0.5, 0.6) is 11.5 Å². The molecule has 10 heteroatoms. The topological polar surface area (TPSA) is 91.2 Å². The van der Waals surface area contributed by atoms with Gasteiger partial charge in [0.1, 0.15) is 0 Å². The lowest BCUT2D eigenvalue weighted by Gasteiger charge is -2.06. The van der Waals surface area contributed by atoms with E-state index in [4.69, 9.17) is 14.5 Å². The Morgan fingerprint density at radius 1 is 1.11 bits per heavy atom. The number of hydrogen-bond acceptors (Lipinski definition) is 7. The average molecular weight is 551 g/mol. The summed E-state index contributed by atoms with van der Waals surface area (Å²) in [6, 6.07) is 16.8. The van der Waals surface area contributed by atoms with Crippen LogP contribution in [0.3, 0.4) is 0 Å². The highest BCUT2D eigenvalue weighted by Crippen LogP contribution is 2.37. The first-order valence-electron chi connectivity index (χ1n) is 10.6. The van der Waals surface area contributed by atoms with Gasteiger partial charge in [-0.1, -0.05) is 45.8 Å². The van der Waals surface area contributed by atoms with Crippen molar-refractivity contribution in [3.63, 3.8) is 0 Å². The predicted octanol–water partition coefficient (Wildman–Crippen LogP) is 6.35. The Bertz CT molecular complexity index is 1560. The summed E-state index contributed by atoms with van der Waals surface area (Å²) in [5.41, 5.74) is 4.94. The molecule has 8 nitrogen and oxygen atoms in total. The molecule has 35 heavy (non-hydrogen) atoms. The predicted molar refractivity (Wildman–Crippen MR) is 139 cm³/mol. The molecule has 0 saturated carbocycles. The molecule has 0 amide bonds. The molecular weight excluding hydrogens is 532 g/mol. The molecule has 3 aromatic carbocycles. The minimum atomic E-state index is -0.461. The third kappa shape index (κ3) is 4.75. The number of nitro groups is 1. The largest absolute Gasteiger partial charge is 0.454 e. The molecule has 0 unspecified atom stereocenters. The van der Waals surface area contributed by atoms with Gasteiger partial charge in [-0.05, 0) is 43.7 Å². The van der Waals surface area contributed by atoms with Crippen molar-refractivity contribution in [1.29, 1.82) is 0 Å². The lowest BCUT2D eigenvalue weighted by molar-refractivity contribution is -0.385. The van der Waals surface area contributed by atoms with Crippen molar-refractivity contribution in [2.24, 2.45) is 10.1 Å². The van der Waals surface area contributed by atoms with Crippen LogP contribution in [0.25, 0.3) is 11.3 Å². The van der Waals surface area contributed by atoms with Gasteiger partial charge < -0.3 is 9.47 Å².